The van der Waals surface area contributed by atoms with Gasteiger partial charge in [0.1, 0.15) is 11.6 Å². The maximum absolute atomic E-state index is 13.7. The Morgan fingerprint density at radius 1 is 0.892 bits per heavy atom. The summed E-state index contributed by atoms with van der Waals surface area (Å²) in [5.74, 6) is 0.402. The van der Waals surface area contributed by atoms with Gasteiger partial charge in [-0.1, -0.05) is 0 Å². The van der Waals surface area contributed by atoms with Crippen molar-refractivity contribution in [1.29, 1.82) is 0 Å². The lowest BCUT2D eigenvalue weighted by Crippen LogP contribution is -2.30. The third kappa shape index (κ3) is 6.83. The molecule has 0 radical (unpaired) electrons. The van der Waals surface area contributed by atoms with E-state index in [0.717, 1.165) is 75.4 Å². The van der Waals surface area contributed by atoms with Gasteiger partial charge in [-0.2, -0.15) is 0 Å². The zero-order valence-corrected chi connectivity index (χ0v) is 22.5. The van der Waals surface area contributed by atoms with Crippen molar-refractivity contribution in [3.8, 4) is 0 Å². The van der Waals surface area contributed by atoms with Crippen LogP contribution in [0.5, 0.6) is 0 Å². The molecule has 1 aromatic carbocycles. The van der Waals surface area contributed by atoms with Crippen LogP contribution in [0, 0.1) is 18.6 Å². The topological polar surface area (TPSA) is 76.1 Å². The standard InChI is InChI=1S/C26H30F2N6O.2ClH/c1-16-21(31-23-14-20(28)19(27)13-22(23)29-16)9-10-24-32-25(15-26(33-24)34-11-3-4-12-34)30-17-5-7-18(35-2)8-6-17;;/h9-10,13-15,17-18H,3-8,11-12H2,1-2H3,(H,30,32,33);2*1H/t17-,18-;;. The number of hydrogen-bond donors (Lipinski definition) is 1. The van der Waals surface area contributed by atoms with E-state index in [-0.39, 0.29) is 24.8 Å². The maximum Gasteiger partial charge on any atom is 0.161 e. The Morgan fingerprint density at radius 3 is 2.19 bits per heavy atom. The number of halogens is 4. The molecule has 1 saturated carbocycles. The number of rotatable bonds is 6. The van der Waals surface area contributed by atoms with Crippen LogP contribution >= 0.6 is 24.8 Å². The Bertz CT molecular complexity index is 1250. The second-order valence-electron chi connectivity index (χ2n) is 9.30. The van der Waals surface area contributed by atoms with E-state index >= 15 is 0 Å². The number of nitrogens with one attached hydrogen (secondary N) is 1. The lowest BCUT2D eigenvalue weighted by Gasteiger charge is -2.29. The van der Waals surface area contributed by atoms with Gasteiger partial charge in [0, 0.05) is 44.4 Å². The molecule has 2 aromatic heterocycles. The molecule has 0 bridgehead atoms. The molecule has 11 heteroatoms. The Hall–Kier alpha value is -2.62. The minimum atomic E-state index is -0.942. The molecule has 1 N–H and O–H groups in total. The molecule has 1 aliphatic carbocycles. The molecule has 3 aromatic rings. The van der Waals surface area contributed by atoms with Gasteiger partial charge in [-0.3, -0.25) is 0 Å². The summed E-state index contributed by atoms with van der Waals surface area (Å²) < 4.78 is 32.8. The van der Waals surface area contributed by atoms with Gasteiger partial charge in [0.05, 0.1) is 28.5 Å². The zero-order chi connectivity index (χ0) is 24.4. The number of fused-ring (bicyclic) bond motifs is 1. The van der Waals surface area contributed by atoms with Crippen LogP contribution in [0.3, 0.4) is 0 Å². The largest absolute Gasteiger partial charge is 0.381 e. The van der Waals surface area contributed by atoms with Crippen molar-refractivity contribution in [1.82, 2.24) is 19.9 Å². The molecule has 2 fully saturated rings. The molecule has 37 heavy (non-hydrogen) atoms. The molecule has 2 aliphatic rings. The van der Waals surface area contributed by atoms with Crippen molar-refractivity contribution in [2.24, 2.45) is 0 Å². The fraction of sp³-hybridized carbons (Fsp3) is 0.462. The van der Waals surface area contributed by atoms with Gasteiger partial charge < -0.3 is 15.0 Å². The highest BCUT2D eigenvalue weighted by Gasteiger charge is 2.22. The summed E-state index contributed by atoms with van der Waals surface area (Å²) in [6.07, 6.45) is 10.4. The van der Waals surface area contributed by atoms with E-state index in [4.69, 9.17) is 14.7 Å². The van der Waals surface area contributed by atoms with Crippen LogP contribution in [0.4, 0.5) is 20.4 Å². The maximum atomic E-state index is 13.7. The first-order valence-corrected chi connectivity index (χ1v) is 12.2. The quantitative estimate of drug-likeness (QED) is 0.402. The summed E-state index contributed by atoms with van der Waals surface area (Å²) >= 11 is 0. The van der Waals surface area contributed by atoms with Gasteiger partial charge in [-0.15, -0.1) is 24.8 Å². The van der Waals surface area contributed by atoms with Crippen LogP contribution in [-0.4, -0.2) is 52.3 Å². The molecule has 0 atom stereocenters. The molecule has 5 rings (SSSR count). The molecular formula is C26H32Cl2F2N6O. The van der Waals surface area contributed by atoms with E-state index in [1.165, 1.54) is 0 Å². The first-order valence-electron chi connectivity index (χ1n) is 12.2. The van der Waals surface area contributed by atoms with Crippen molar-refractivity contribution >= 4 is 59.6 Å². The molecule has 1 saturated heterocycles. The first kappa shape index (κ1) is 28.9. The smallest absolute Gasteiger partial charge is 0.161 e. The predicted molar refractivity (Wildman–Crippen MR) is 148 cm³/mol. The average Bonchev–Trinajstić information content (AvgIpc) is 3.40. The van der Waals surface area contributed by atoms with Gasteiger partial charge in [-0.05, 0) is 57.6 Å². The third-order valence-corrected chi connectivity index (χ3v) is 6.83. The summed E-state index contributed by atoms with van der Waals surface area (Å²) in [4.78, 5) is 20.7. The summed E-state index contributed by atoms with van der Waals surface area (Å²) in [7, 11) is 1.78. The van der Waals surface area contributed by atoms with Crippen LogP contribution < -0.4 is 10.2 Å². The van der Waals surface area contributed by atoms with E-state index in [1.807, 2.05) is 6.07 Å². The highest BCUT2D eigenvalue weighted by molar-refractivity contribution is 5.85. The lowest BCUT2D eigenvalue weighted by atomic mass is 9.93. The number of anilines is 2. The number of methoxy groups -OCH3 is 1. The van der Waals surface area contributed by atoms with E-state index < -0.39 is 11.6 Å². The highest BCUT2D eigenvalue weighted by Crippen LogP contribution is 2.26. The summed E-state index contributed by atoms with van der Waals surface area (Å²) in [5.41, 5.74) is 1.80. The number of benzene rings is 1. The first-order chi connectivity index (χ1) is 17.0. The predicted octanol–water partition coefficient (Wildman–Crippen LogP) is 5.99. The molecular weight excluding hydrogens is 521 g/mol. The van der Waals surface area contributed by atoms with E-state index in [2.05, 4.69) is 20.2 Å². The minimum Gasteiger partial charge on any atom is -0.381 e. The molecule has 3 heterocycles. The number of nitrogens with zero attached hydrogens (tertiary/aromatic N) is 5. The second kappa shape index (κ2) is 12.8. The van der Waals surface area contributed by atoms with Gasteiger partial charge in [0.2, 0.25) is 0 Å². The van der Waals surface area contributed by atoms with Crippen LogP contribution in [0.2, 0.25) is 0 Å². The molecule has 200 valence electrons. The Labute approximate surface area is 228 Å². The number of aryl methyl sites for hydroxylation is 1. The number of aromatic nitrogens is 4. The van der Waals surface area contributed by atoms with Crippen LogP contribution in [-0.2, 0) is 4.74 Å². The fourth-order valence-corrected chi connectivity index (χ4v) is 4.83. The Balaban J connectivity index is 0.00000190. The van der Waals surface area contributed by atoms with Gasteiger partial charge in [0.15, 0.2) is 17.5 Å². The summed E-state index contributed by atoms with van der Waals surface area (Å²) in [6, 6.07) is 4.52. The molecule has 7 nitrogen and oxygen atoms in total. The number of hydrogen-bond acceptors (Lipinski definition) is 7. The molecule has 0 unspecified atom stereocenters. The normalized spacial score (nSPS) is 19.6. The Morgan fingerprint density at radius 2 is 1.54 bits per heavy atom. The van der Waals surface area contributed by atoms with Crippen LogP contribution in [0.15, 0.2) is 18.2 Å². The monoisotopic (exact) mass is 552 g/mol. The van der Waals surface area contributed by atoms with Gasteiger partial charge >= 0.3 is 0 Å². The van der Waals surface area contributed by atoms with Crippen molar-refractivity contribution in [2.45, 2.75) is 57.6 Å². The minimum absolute atomic E-state index is 0. The third-order valence-electron chi connectivity index (χ3n) is 6.83. The van der Waals surface area contributed by atoms with Crippen molar-refractivity contribution in [3.05, 3.63) is 47.0 Å². The van der Waals surface area contributed by atoms with Gasteiger partial charge in [-0.25, -0.2) is 28.7 Å². The Kier molecular flexibility index (Phi) is 9.98. The van der Waals surface area contributed by atoms with Crippen molar-refractivity contribution < 1.29 is 13.5 Å². The van der Waals surface area contributed by atoms with Crippen molar-refractivity contribution in [3.63, 3.8) is 0 Å². The average molecular weight is 553 g/mol. The zero-order valence-electron chi connectivity index (χ0n) is 20.9. The number of ether oxygens (including phenoxy) is 1. The highest BCUT2D eigenvalue weighted by atomic mass is 35.5. The SMILES string of the molecule is CO[C@H]1CC[C@H](Nc2cc(N3CCCC3)nc(C=Cc3nc4cc(F)c(F)cc4nc3C)n2)CC1.Cl.Cl. The van der Waals surface area contributed by atoms with E-state index in [1.54, 1.807) is 26.2 Å². The van der Waals surface area contributed by atoms with Crippen LogP contribution in [0.1, 0.15) is 55.7 Å². The molecule has 0 amide bonds. The van der Waals surface area contributed by atoms with E-state index in [0.29, 0.717) is 40.4 Å². The molecule has 1 aliphatic heterocycles. The van der Waals surface area contributed by atoms with Crippen molar-refractivity contribution in [2.75, 3.05) is 30.4 Å². The summed E-state index contributed by atoms with van der Waals surface area (Å²) in [6.45, 7) is 3.75. The van der Waals surface area contributed by atoms with Crippen LogP contribution in [0.25, 0.3) is 23.2 Å². The van der Waals surface area contributed by atoms with Gasteiger partial charge in [0.25, 0.3) is 0 Å². The molecule has 0 spiro atoms. The fourth-order valence-electron chi connectivity index (χ4n) is 4.83. The van der Waals surface area contributed by atoms with E-state index in [9.17, 15) is 8.78 Å². The summed E-state index contributed by atoms with van der Waals surface area (Å²) in [5, 5.41) is 3.60. The second-order valence-corrected chi connectivity index (χ2v) is 9.30. The lowest BCUT2D eigenvalue weighted by molar-refractivity contribution is 0.0681.